The molecule has 88 valence electrons. The third-order valence-corrected chi connectivity index (χ3v) is 2.40. The molecule has 0 heterocycles. The Balaban J connectivity index is 2.76. The van der Waals surface area contributed by atoms with Gasteiger partial charge in [-0.3, -0.25) is 4.79 Å². The number of carbonyl (C=O) groups excluding carboxylic acids is 1. The van der Waals surface area contributed by atoms with Gasteiger partial charge in [0.05, 0.1) is 6.61 Å². The maximum Gasteiger partial charge on any atom is 0.164 e. The lowest BCUT2D eigenvalue weighted by molar-refractivity contribution is 0.0983. The number of aryl methyl sites for hydroxylation is 1. The molecule has 0 bridgehead atoms. The summed E-state index contributed by atoms with van der Waals surface area (Å²) in [6.07, 6.45) is 0.532. The number of hydrogen-bond donors (Lipinski definition) is 1. The van der Waals surface area contributed by atoms with Gasteiger partial charge in [-0.2, -0.15) is 0 Å². The molecule has 0 aliphatic heterocycles. The van der Waals surface area contributed by atoms with Crippen LogP contribution in [-0.2, 0) is 0 Å². The van der Waals surface area contributed by atoms with Gasteiger partial charge in [-0.25, -0.2) is 0 Å². The number of hydrogen-bond acceptors (Lipinski definition) is 3. The predicted octanol–water partition coefficient (Wildman–Crippen LogP) is 2.19. The van der Waals surface area contributed by atoms with Crippen molar-refractivity contribution in [3.63, 3.8) is 0 Å². The summed E-state index contributed by atoms with van der Waals surface area (Å²) in [6.45, 7) is 5.27. The van der Waals surface area contributed by atoms with Crippen LogP contribution in [0.15, 0.2) is 18.2 Å². The Labute approximate surface area is 96.8 Å². The molecule has 0 saturated heterocycles. The predicted molar refractivity (Wildman–Crippen MR) is 65.2 cm³/mol. The van der Waals surface area contributed by atoms with E-state index in [4.69, 9.17) is 4.74 Å². The number of Topliss-reactive ketones (excluding diaryl/α,β-unsaturated/α-hetero) is 1. The lowest BCUT2D eigenvalue weighted by Gasteiger charge is -2.08. The monoisotopic (exact) mass is 221 g/mol. The molecule has 0 aliphatic carbocycles. The molecule has 0 aliphatic rings. The van der Waals surface area contributed by atoms with E-state index in [-0.39, 0.29) is 5.78 Å². The largest absolute Gasteiger partial charge is 0.494 e. The second-order valence-corrected chi connectivity index (χ2v) is 3.69. The van der Waals surface area contributed by atoms with Gasteiger partial charge >= 0.3 is 0 Å². The average Bonchev–Trinajstić information content (AvgIpc) is 2.29. The van der Waals surface area contributed by atoms with Crippen LogP contribution in [0.1, 0.15) is 29.3 Å². The minimum atomic E-state index is 0.167. The summed E-state index contributed by atoms with van der Waals surface area (Å²) in [7, 11) is 1.84. The van der Waals surface area contributed by atoms with Gasteiger partial charge in [-0.05, 0) is 44.7 Å². The van der Waals surface area contributed by atoms with Crippen LogP contribution >= 0.6 is 0 Å². The van der Waals surface area contributed by atoms with Crippen molar-refractivity contribution in [2.45, 2.75) is 20.3 Å². The zero-order chi connectivity index (χ0) is 12.0. The second kappa shape index (κ2) is 6.28. The van der Waals surface area contributed by atoms with E-state index in [0.29, 0.717) is 19.6 Å². The summed E-state index contributed by atoms with van der Waals surface area (Å²) < 4.78 is 5.43. The van der Waals surface area contributed by atoms with Crippen molar-refractivity contribution in [1.29, 1.82) is 0 Å². The zero-order valence-electron chi connectivity index (χ0n) is 10.2. The fraction of sp³-hybridized carbons (Fsp3) is 0.462. The van der Waals surface area contributed by atoms with E-state index in [0.717, 1.165) is 16.9 Å². The lowest BCUT2D eigenvalue weighted by Crippen LogP contribution is -2.13. The molecule has 16 heavy (non-hydrogen) atoms. The van der Waals surface area contributed by atoms with Crippen LogP contribution in [0.5, 0.6) is 5.75 Å². The summed E-state index contributed by atoms with van der Waals surface area (Å²) in [6, 6.07) is 5.59. The van der Waals surface area contributed by atoms with E-state index >= 15 is 0 Å². The molecule has 0 saturated carbocycles. The number of ketones is 1. The van der Waals surface area contributed by atoms with E-state index in [9.17, 15) is 4.79 Å². The Hall–Kier alpha value is -1.35. The van der Waals surface area contributed by atoms with Crippen molar-refractivity contribution < 1.29 is 9.53 Å². The Bertz CT molecular complexity index is 361. The number of rotatable bonds is 6. The van der Waals surface area contributed by atoms with E-state index in [1.165, 1.54) is 0 Å². The normalized spacial score (nSPS) is 10.2. The first-order valence-corrected chi connectivity index (χ1v) is 5.60. The van der Waals surface area contributed by atoms with Gasteiger partial charge in [0, 0.05) is 18.5 Å². The van der Waals surface area contributed by atoms with Gasteiger partial charge in [-0.15, -0.1) is 0 Å². The molecule has 0 atom stereocenters. The Kier molecular flexibility index (Phi) is 4.99. The van der Waals surface area contributed by atoms with Crippen molar-refractivity contribution in [2.75, 3.05) is 20.2 Å². The molecule has 0 fully saturated rings. The first-order chi connectivity index (χ1) is 7.69. The zero-order valence-corrected chi connectivity index (χ0v) is 10.2. The van der Waals surface area contributed by atoms with E-state index < -0.39 is 0 Å². The van der Waals surface area contributed by atoms with Crippen molar-refractivity contribution >= 4 is 5.78 Å². The van der Waals surface area contributed by atoms with Crippen LogP contribution in [0.3, 0.4) is 0 Å². The molecule has 1 N–H and O–H groups in total. The van der Waals surface area contributed by atoms with Crippen molar-refractivity contribution in [1.82, 2.24) is 5.32 Å². The van der Waals surface area contributed by atoms with Crippen molar-refractivity contribution in [3.05, 3.63) is 29.3 Å². The highest BCUT2D eigenvalue weighted by atomic mass is 16.5. The quantitative estimate of drug-likeness (QED) is 0.748. The minimum absolute atomic E-state index is 0.167. The van der Waals surface area contributed by atoms with Gasteiger partial charge in [-0.1, -0.05) is 0 Å². The molecule has 0 radical (unpaired) electrons. The molecule has 1 rings (SSSR count). The molecule has 3 heteroatoms. The summed E-state index contributed by atoms with van der Waals surface area (Å²) in [5, 5.41) is 2.97. The van der Waals surface area contributed by atoms with E-state index in [2.05, 4.69) is 5.32 Å². The maximum absolute atomic E-state index is 11.7. The van der Waals surface area contributed by atoms with Crippen LogP contribution in [0, 0.1) is 6.92 Å². The van der Waals surface area contributed by atoms with E-state index in [1.807, 2.05) is 39.1 Å². The minimum Gasteiger partial charge on any atom is -0.494 e. The van der Waals surface area contributed by atoms with Crippen LogP contribution in [0.2, 0.25) is 0 Å². The van der Waals surface area contributed by atoms with Crippen molar-refractivity contribution in [2.24, 2.45) is 0 Å². The number of carbonyl (C=O) groups is 1. The standard InChI is InChI=1S/C13H19NO2/c1-4-16-13-6-5-11(9-10(13)2)12(15)7-8-14-3/h5-6,9,14H,4,7-8H2,1-3H3. The smallest absolute Gasteiger partial charge is 0.164 e. The summed E-state index contributed by atoms with van der Waals surface area (Å²) in [4.78, 5) is 11.7. The SMILES string of the molecule is CCOc1ccc(C(=O)CCNC)cc1C. The van der Waals surface area contributed by atoms with Crippen LogP contribution in [0.4, 0.5) is 0 Å². The van der Waals surface area contributed by atoms with Gasteiger partial charge in [0.2, 0.25) is 0 Å². The molecular formula is C13H19NO2. The first-order valence-electron chi connectivity index (χ1n) is 5.60. The Morgan fingerprint density at radius 2 is 2.19 bits per heavy atom. The molecule has 0 amide bonds. The third kappa shape index (κ3) is 3.35. The molecule has 1 aromatic carbocycles. The molecule has 3 nitrogen and oxygen atoms in total. The van der Waals surface area contributed by atoms with Gasteiger partial charge in [0.15, 0.2) is 5.78 Å². The Morgan fingerprint density at radius 3 is 2.75 bits per heavy atom. The van der Waals surface area contributed by atoms with Crippen LogP contribution in [-0.4, -0.2) is 26.0 Å². The van der Waals surface area contributed by atoms with Gasteiger partial charge < -0.3 is 10.1 Å². The highest BCUT2D eigenvalue weighted by Gasteiger charge is 2.07. The molecule has 1 aromatic rings. The maximum atomic E-state index is 11.7. The molecule has 0 unspecified atom stereocenters. The molecule has 0 spiro atoms. The van der Waals surface area contributed by atoms with Crippen LogP contribution < -0.4 is 10.1 Å². The van der Waals surface area contributed by atoms with Gasteiger partial charge in [0.25, 0.3) is 0 Å². The number of benzene rings is 1. The summed E-state index contributed by atoms with van der Waals surface area (Å²) >= 11 is 0. The highest BCUT2D eigenvalue weighted by molar-refractivity contribution is 5.96. The number of nitrogens with one attached hydrogen (secondary N) is 1. The fourth-order valence-electron chi connectivity index (χ4n) is 1.52. The first kappa shape index (κ1) is 12.7. The molecular weight excluding hydrogens is 202 g/mol. The topological polar surface area (TPSA) is 38.3 Å². The lowest BCUT2D eigenvalue weighted by atomic mass is 10.1. The van der Waals surface area contributed by atoms with Gasteiger partial charge in [0.1, 0.15) is 5.75 Å². The summed E-state index contributed by atoms with van der Waals surface area (Å²) in [5.41, 5.74) is 1.77. The highest BCUT2D eigenvalue weighted by Crippen LogP contribution is 2.19. The van der Waals surface area contributed by atoms with Crippen molar-refractivity contribution in [3.8, 4) is 5.75 Å². The summed E-state index contributed by atoms with van der Waals surface area (Å²) in [5.74, 6) is 1.02. The fourth-order valence-corrected chi connectivity index (χ4v) is 1.52. The molecule has 0 aromatic heterocycles. The second-order valence-electron chi connectivity index (χ2n) is 3.69. The third-order valence-electron chi connectivity index (χ3n) is 2.40. The Morgan fingerprint density at radius 1 is 1.44 bits per heavy atom. The average molecular weight is 221 g/mol. The van der Waals surface area contributed by atoms with E-state index in [1.54, 1.807) is 0 Å². The number of ether oxygens (including phenoxy) is 1. The van der Waals surface area contributed by atoms with Crippen LogP contribution in [0.25, 0.3) is 0 Å².